The Labute approximate surface area is 174 Å². The quantitative estimate of drug-likeness (QED) is 0.641. The minimum absolute atomic E-state index is 0.0203. The molecule has 1 aromatic carbocycles. The first-order chi connectivity index (χ1) is 13.5. The fourth-order valence-electron chi connectivity index (χ4n) is 3.08. The summed E-state index contributed by atoms with van der Waals surface area (Å²) in [4.78, 5) is 32.5. The van der Waals surface area contributed by atoms with Crippen LogP contribution < -0.4 is 0 Å². The van der Waals surface area contributed by atoms with E-state index in [1.54, 1.807) is 18.3 Å². The number of carbonyl (C=O) groups excluding carboxylic acids is 2. The van der Waals surface area contributed by atoms with Crippen molar-refractivity contribution in [2.24, 2.45) is 0 Å². The summed E-state index contributed by atoms with van der Waals surface area (Å²) in [5, 5.41) is 3.84. The average molecular weight is 422 g/mol. The van der Waals surface area contributed by atoms with Crippen LogP contribution in [0.1, 0.15) is 24.8 Å². The molecule has 0 bridgehead atoms. The number of hydrogen-bond donors (Lipinski definition) is 0. The van der Waals surface area contributed by atoms with Crippen LogP contribution in [0.5, 0.6) is 0 Å². The van der Waals surface area contributed by atoms with Crippen LogP contribution in [0.2, 0.25) is 5.02 Å². The number of rotatable bonds is 7. The minimum atomic E-state index is -0.310. The van der Waals surface area contributed by atoms with Crippen molar-refractivity contribution in [2.75, 3.05) is 32.8 Å². The predicted molar refractivity (Wildman–Crippen MR) is 110 cm³/mol. The van der Waals surface area contributed by atoms with Gasteiger partial charge >= 0.3 is 5.97 Å². The maximum Gasteiger partial charge on any atom is 0.306 e. The first-order valence-corrected chi connectivity index (χ1v) is 10.7. The maximum absolute atomic E-state index is 12.2. The monoisotopic (exact) mass is 421 g/mol. The summed E-state index contributed by atoms with van der Waals surface area (Å²) in [6.45, 7) is 5.86. The van der Waals surface area contributed by atoms with Gasteiger partial charge < -0.3 is 9.64 Å². The van der Waals surface area contributed by atoms with Gasteiger partial charge in [-0.25, -0.2) is 4.98 Å². The summed E-state index contributed by atoms with van der Waals surface area (Å²) in [6.07, 6.45) is 0.370. The summed E-state index contributed by atoms with van der Waals surface area (Å²) < 4.78 is 4.87. The van der Waals surface area contributed by atoms with Gasteiger partial charge in [0.15, 0.2) is 0 Å². The number of hydrogen-bond acceptors (Lipinski definition) is 6. The highest BCUT2D eigenvalue weighted by Crippen LogP contribution is 2.24. The lowest BCUT2D eigenvalue weighted by atomic mass is 10.2. The van der Waals surface area contributed by atoms with E-state index in [2.05, 4.69) is 10.3 Å². The maximum atomic E-state index is 12.2. The summed E-state index contributed by atoms with van der Waals surface area (Å²) >= 11 is 7.59. The minimum Gasteiger partial charge on any atom is -0.466 e. The highest BCUT2D eigenvalue weighted by atomic mass is 35.5. The molecule has 0 saturated carbocycles. The molecule has 0 atom stereocenters. The van der Waals surface area contributed by atoms with Crippen LogP contribution >= 0.6 is 22.9 Å². The molecule has 28 heavy (non-hydrogen) atoms. The van der Waals surface area contributed by atoms with Crippen molar-refractivity contribution in [3.05, 3.63) is 39.7 Å². The number of piperazine rings is 1. The Morgan fingerprint density at radius 1 is 1.14 bits per heavy atom. The van der Waals surface area contributed by atoms with Gasteiger partial charge in [-0.05, 0) is 19.1 Å². The van der Waals surface area contributed by atoms with E-state index in [1.807, 2.05) is 29.2 Å². The molecular weight excluding hydrogens is 398 g/mol. The van der Waals surface area contributed by atoms with E-state index in [-0.39, 0.29) is 24.7 Å². The van der Waals surface area contributed by atoms with Crippen LogP contribution in [-0.4, -0.2) is 59.4 Å². The topological polar surface area (TPSA) is 62.7 Å². The molecule has 1 fully saturated rings. The number of aromatic nitrogens is 1. The number of carbonyl (C=O) groups is 2. The van der Waals surface area contributed by atoms with E-state index in [0.29, 0.717) is 24.7 Å². The second-order valence-electron chi connectivity index (χ2n) is 6.60. The lowest BCUT2D eigenvalue weighted by molar-refractivity contribution is -0.146. The van der Waals surface area contributed by atoms with E-state index in [4.69, 9.17) is 21.3 Å². The smallest absolute Gasteiger partial charge is 0.306 e. The zero-order valence-corrected chi connectivity index (χ0v) is 17.5. The Kier molecular flexibility index (Phi) is 7.42. The number of amides is 1. The molecule has 0 radical (unpaired) electrons. The van der Waals surface area contributed by atoms with Crippen molar-refractivity contribution in [3.63, 3.8) is 0 Å². The van der Waals surface area contributed by atoms with Gasteiger partial charge in [-0.1, -0.05) is 23.7 Å². The van der Waals surface area contributed by atoms with Gasteiger partial charge in [-0.15, -0.1) is 11.3 Å². The van der Waals surface area contributed by atoms with E-state index < -0.39 is 0 Å². The third-order valence-electron chi connectivity index (χ3n) is 4.62. The lowest BCUT2D eigenvalue weighted by Crippen LogP contribution is -2.48. The van der Waals surface area contributed by atoms with Crippen molar-refractivity contribution < 1.29 is 14.3 Å². The molecule has 0 N–H and O–H groups in total. The molecule has 2 heterocycles. The Morgan fingerprint density at radius 3 is 2.54 bits per heavy atom. The number of nitrogens with zero attached hydrogens (tertiary/aromatic N) is 3. The fourth-order valence-corrected chi connectivity index (χ4v) is 4.05. The van der Waals surface area contributed by atoms with Gasteiger partial charge in [-0.3, -0.25) is 14.5 Å². The van der Waals surface area contributed by atoms with Crippen molar-refractivity contribution in [1.29, 1.82) is 0 Å². The van der Waals surface area contributed by atoms with Crippen molar-refractivity contribution in [2.45, 2.75) is 26.3 Å². The molecule has 2 aromatic rings. The molecule has 1 amide bonds. The summed E-state index contributed by atoms with van der Waals surface area (Å²) in [5.41, 5.74) is 2.02. The fraction of sp³-hybridized carbons (Fsp3) is 0.450. The second kappa shape index (κ2) is 10.0. The molecule has 1 saturated heterocycles. The summed E-state index contributed by atoms with van der Waals surface area (Å²) in [7, 11) is 0. The molecular formula is C20H24ClN3O3S. The molecule has 6 nitrogen and oxygen atoms in total. The average Bonchev–Trinajstić information content (AvgIpc) is 3.16. The third-order valence-corrected chi connectivity index (χ3v) is 5.71. The standard InChI is InChI=1S/C20H24ClN3O3S/c1-2-27-20(26)8-7-19(25)24-11-9-23(10-12-24)13-18-22-17(14-28-18)15-3-5-16(21)6-4-15/h3-6,14H,2,7-13H2,1H3. The summed E-state index contributed by atoms with van der Waals surface area (Å²) in [6, 6.07) is 7.69. The first kappa shape index (κ1) is 20.8. The van der Waals surface area contributed by atoms with Gasteiger partial charge in [0, 0.05) is 48.6 Å². The van der Waals surface area contributed by atoms with Gasteiger partial charge in [-0.2, -0.15) is 0 Å². The van der Waals surface area contributed by atoms with E-state index in [0.717, 1.165) is 35.9 Å². The largest absolute Gasteiger partial charge is 0.466 e. The molecule has 0 spiro atoms. The number of benzene rings is 1. The second-order valence-corrected chi connectivity index (χ2v) is 7.97. The van der Waals surface area contributed by atoms with Crippen LogP contribution in [0.4, 0.5) is 0 Å². The Hall–Kier alpha value is -1.96. The number of ether oxygens (including phenoxy) is 1. The van der Waals surface area contributed by atoms with Crippen LogP contribution in [0.25, 0.3) is 11.3 Å². The van der Waals surface area contributed by atoms with Gasteiger partial charge in [0.2, 0.25) is 5.91 Å². The number of halogens is 1. The predicted octanol–water partition coefficient (Wildman–Crippen LogP) is 3.45. The number of thiazole rings is 1. The van der Waals surface area contributed by atoms with Gasteiger partial charge in [0.05, 0.1) is 25.3 Å². The van der Waals surface area contributed by atoms with Crippen LogP contribution in [-0.2, 0) is 20.9 Å². The van der Waals surface area contributed by atoms with E-state index >= 15 is 0 Å². The normalized spacial score (nSPS) is 14.9. The Bertz CT molecular complexity index is 801. The van der Waals surface area contributed by atoms with Crippen LogP contribution in [0.3, 0.4) is 0 Å². The molecule has 3 rings (SSSR count). The zero-order chi connectivity index (χ0) is 19.9. The lowest BCUT2D eigenvalue weighted by Gasteiger charge is -2.34. The summed E-state index contributed by atoms with van der Waals surface area (Å²) in [5.74, 6) is -0.290. The van der Waals surface area contributed by atoms with Crippen molar-refractivity contribution >= 4 is 34.8 Å². The van der Waals surface area contributed by atoms with Crippen molar-refractivity contribution in [1.82, 2.24) is 14.8 Å². The third kappa shape index (κ3) is 5.77. The zero-order valence-electron chi connectivity index (χ0n) is 15.9. The molecule has 0 unspecified atom stereocenters. The molecule has 1 aromatic heterocycles. The molecule has 8 heteroatoms. The van der Waals surface area contributed by atoms with Crippen LogP contribution in [0.15, 0.2) is 29.6 Å². The van der Waals surface area contributed by atoms with E-state index in [9.17, 15) is 9.59 Å². The molecule has 1 aliphatic heterocycles. The molecule has 0 aliphatic carbocycles. The Morgan fingerprint density at radius 2 is 1.86 bits per heavy atom. The highest BCUT2D eigenvalue weighted by Gasteiger charge is 2.22. The first-order valence-electron chi connectivity index (χ1n) is 9.41. The molecule has 150 valence electrons. The number of esters is 1. The highest BCUT2D eigenvalue weighted by molar-refractivity contribution is 7.09. The van der Waals surface area contributed by atoms with Gasteiger partial charge in [0.25, 0.3) is 0 Å². The SMILES string of the molecule is CCOC(=O)CCC(=O)N1CCN(Cc2nc(-c3ccc(Cl)cc3)cs2)CC1. The van der Waals surface area contributed by atoms with E-state index in [1.165, 1.54) is 0 Å². The van der Waals surface area contributed by atoms with Crippen LogP contribution in [0, 0.1) is 0 Å². The molecule has 1 aliphatic rings. The van der Waals surface area contributed by atoms with Gasteiger partial charge in [0.1, 0.15) is 5.01 Å². The Balaban J connectivity index is 1.45. The van der Waals surface area contributed by atoms with Crippen molar-refractivity contribution in [3.8, 4) is 11.3 Å².